The van der Waals surface area contributed by atoms with Crippen molar-refractivity contribution in [3.63, 3.8) is 0 Å². The van der Waals surface area contributed by atoms with E-state index in [-0.39, 0.29) is 37.6 Å². The van der Waals surface area contributed by atoms with E-state index in [4.69, 9.17) is 14.2 Å². The maximum Gasteiger partial charge on any atom is 0.306 e. The number of carbonyl (C=O) groups is 3. The second-order valence-corrected chi connectivity index (χ2v) is 11.4. The quantitative estimate of drug-likeness (QED) is 0.167. The molecule has 0 atom stereocenters. The van der Waals surface area contributed by atoms with Gasteiger partial charge in [0.05, 0.1) is 5.54 Å². The predicted molar refractivity (Wildman–Crippen MR) is 125 cm³/mol. The highest BCUT2D eigenvalue weighted by atomic mass is 16.6. The van der Waals surface area contributed by atoms with Crippen LogP contribution in [0.25, 0.3) is 0 Å². The fraction of sp³-hybridized carbons (Fsp3) is 0.840. The molecule has 0 saturated heterocycles. The average Bonchev–Trinajstić information content (AvgIpc) is 2.55. The number of hydrogen-bond donors (Lipinski definition) is 0. The van der Waals surface area contributed by atoms with E-state index in [0.29, 0.717) is 25.7 Å². The third-order valence-corrected chi connectivity index (χ3v) is 4.38. The Morgan fingerprint density at radius 2 is 0.939 bits per heavy atom. The van der Waals surface area contributed by atoms with Crippen molar-refractivity contribution in [2.45, 2.75) is 136 Å². The van der Waals surface area contributed by atoms with Gasteiger partial charge in [0, 0.05) is 19.3 Å². The first-order valence-electron chi connectivity index (χ1n) is 11.6. The zero-order chi connectivity index (χ0) is 25.9. The van der Waals surface area contributed by atoms with Gasteiger partial charge < -0.3 is 14.2 Å². The van der Waals surface area contributed by atoms with Gasteiger partial charge >= 0.3 is 17.9 Å². The smallest absolute Gasteiger partial charge is 0.306 e. The molecule has 190 valence electrons. The lowest BCUT2D eigenvalue weighted by atomic mass is 9.83. The van der Waals surface area contributed by atoms with Gasteiger partial charge in [-0.05, 0) is 94.4 Å². The van der Waals surface area contributed by atoms with Crippen molar-refractivity contribution >= 4 is 24.0 Å². The maximum atomic E-state index is 12.3. The minimum atomic E-state index is -0.928. The first-order chi connectivity index (χ1) is 14.9. The van der Waals surface area contributed by atoms with E-state index in [0.717, 1.165) is 0 Å². The Morgan fingerprint density at radius 3 is 1.24 bits per heavy atom. The largest absolute Gasteiger partial charge is 0.460 e. The van der Waals surface area contributed by atoms with E-state index >= 15 is 0 Å². The molecule has 0 amide bonds. The Kier molecular flexibility index (Phi) is 12.0. The van der Waals surface area contributed by atoms with Crippen molar-refractivity contribution in [2.75, 3.05) is 0 Å². The summed E-state index contributed by atoms with van der Waals surface area (Å²) in [5.41, 5.74) is -2.72. The van der Waals surface area contributed by atoms with Gasteiger partial charge in [-0.15, -0.1) is 0 Å². The molecule has 33 heavy (non-hydrogen) atoms. The zero-order valence-electron chi connectivity index (χ0n) is 22.0. The average molecular weight is 470 g/mol. The van der Waals surface area contributed by atoms with Crippen molar-refractivity contribution in [2.24, 2.45) is 4.99 Å². The molecule has 0 aromatic rings. The molecule has 0 aromatic carbocycles. The molecule has 0 aliphatic heterocycles. The van der Waals surface area contributed by atoms with Gasteiger partial charge in [-0.25, -0.2) is 4.79 Å². The van der Waals surface area contributed by atoms with Crippen LogP contribution in [0.3, 0.4) is 0 Å². The van der Waals surface area contributed by atoms with Gasteiger partial charge in [-0.3, -0.25) is 14.4 Å². The first kappa shape index (κ1) is 30.8. The SMILES string of the molecule is CC(C)(C)OC(=O)CCCC(CCCC(=O)OC(C)(C)C)(CCC(=O)OC(C)(C)C)N=C=O. The fourth-order valence-electron chi connectivity index (χ4n) is 3.28. The third-order valence-electron chi connectivity index (χ3n) is 4.38. The van der Waals surface area contributed by atoms with Crippen LogP contribution in [0.15, 0.2) is 4.99 Å². The summed E-state index contributed by atoms with van der Waals surface area (Å²) in [4.78, 5) is 51.8. The van der Waals surface area contributed by atoms with Gasteiger partial charge in [0.15, 0.2) is 0 Å². The van der Waals surface area contributed by atoms with E-state index in [2.05, 4.69) is 4.99 Å². The predicted octanol–water partition coefficient (Wildman–Crippen LogP) is 5.21. The summed E-state index contributed by atoms with van der Waals surface area (Å²) in [6, 6.07) is 0. The number of carbonyl (C=O) groups excluding carboxylic acids is 4. The molecular formula is C25H43NO7. The second kappa shape index (κ2) is 12.9. The van der Waals surface area contributed by atoms with Crippen LogP contribution >= 0.6 is 0 Å². The van der Waals surface area contributed by atoms with Crippen molar-refractivity contribution < 1.29 is 33.4 Å². The van der Waals surface area contributed by atoms with Gasteiger partial charge in [0.2, 0.25) is 6.08 Å². The number of hydrogen-bond acceptors (Lipinski definition) is 8. The molecule has 8 nitrogen and oxygen atoms in total. The van der Waals surface area contributed by atoms with E-state index in [9.17, 15) is 19.2 Å². The molecule has 0 radical (unpaired) electrons. The Bertz CT molecular complexity index is 668. The minimum Gasteiger partial charge on any atom is -0.460 e. The van der Waals surface area contributed by atoms with Crippen LogP contribution in [0.1, 0.15) is 114 Å². The van der Waals surface area contributed by atoms with Crippen LogP contribution in [0.4, 0.5) is 0 Å². The fourth-order valence-corrected chi connectivity index (χ4v) is 3.28. The highest BCUT2D eigenvalue weighted by Crippen LogP contribution is 2.32. The van der Waals surface area contributed by atoms with Gasteiger partial charge in [0.25, 0.3) is 0 Å². The van der Waals surface area contributed by atoms with Crippen molar-refractivity contribution in [3.8, 4) is 0 Å². The summed E-state index contributed by atoms with van der Waals surface area (Å²) in [6.07, 6.45) is 3.83. The van der Waals surface area contributed by atoms with Crippen LogP contribution in [-0.2, 0) is 33.4 Å². The lowest BCUT2D eigenvalue weighted by molar-refractivity contribution is -0.156. The van der Waals surface area contributed by atoms with Crippen LogP contribution in [0.2, 0.25) is 0 Å². The molecule has 0 aliphatic rings. The molecule has 0 unspecified atom stereocenters. The molecule has 0 heterocycles. The molecule has 0 rings (SSSR count). The van der Waals surface area contributed by atoms with Crippen LogP contribution in [0, 0.1) is 0 Å². The molecule has 8 heteroatoms. The second-order valence-electron chi connectivity index (χ2n) is 11.4. The number of rotatable bonds is 12. The summed E-state index contributed by atoms with van der Waals surface area (Å²) in [5, 5.41) is 0. The number of nitrogens with zero attached hydrogens (tertiary/aromatic N) is 1. The molecule has 0 aromatic heterocycles. The summed E-state index contributed by atoms with van der Waals surface area (Å²) in [6.45, 7) is 16.1. The number of ether oxygens (including phenoxy) is 3. The molecule has 0 aliphatic carbocycles. The van der Waals surface area contributed by atoms with Crippen LogP contribution in [0.5, 0.6) is 0 Å². The number of aliphatic imine (C=N–C) groups is 1. The summed E-state index contributed by atoms with van der Waals surface area (Å²) in [5.74, 6) is -1.08. The summed E-state index contributed by atoms with van der Waals surface area (Å²) >= 11 is 0. The van der Waals surface area contributed by atoms with Gasteiger partial charge in [0.1, 0.15) is 16.8 Å². The first-order valence-corrected chi connectivity index (χ1v) is 11.6. The molecule has 0 spiro atoms. The van der Waals surface area contributed by atoms with E-state index < -0.39 is 28.3 Å². The third kappa shape index (κ3) is 17.0. The Balaban J connectivity index is 5.27. The molecule has 0 bridgehead atoms. The van der Waals surface area contributed by atoms with Crippen molar-refractivity contribution in [1.29, 1.82) is 0 Å². The minimum absolute atomic E-state index is 0.0569. The summed E-state index contributed by atoms with van der Waals surface area (Å²) in [7, 11) is 0. The number of isocyanates is 1. The Hall–Kier alpha value is -2.21. The van der Waals surface area contributed by atoms with E-state index in [1.165, 1.54) is 0 Å². The Labute approximate surface area is 198 Å². The van der Waals surface area contributed by atoms with Crippen LogP contribution < -0.4 is 0 Å². The highest BCUT2D eigenvalue weighted by Gasteiger charge is 2.32. The van der Waals surface area contributed by atoms with Crippen LogP contribution in [-0.4, -0.2) is 46.3 Å². The Morgan fingerprint density at radius 1 is 0.606 bits per heavy atom. The van der Waals surface area contributed by atoms with E-state index in [1.54, 1.807) is 68.4 Å². The monoisotopic (exact) mass is 469 g/mol. The lowest BCUT2D eigenvalue weighted by Crippen LogP contribution is -2.31. The molecule has 0 saturated carbocycles. The van der Waals surface area contributed by atoms with Gasteiger partial charge in [-0.1, -0.05) is 0 Å². The number of esters is 3. The summed E-state index contributed by atoms with van der Waals surface area (Å²) < 4.78 is 16.1. The molecule has 0 fully saturated rings. The standard InChI is InChI=1S/C25H43NO7/c1-22(2,3)31-19(28)12-10-15-25(26-18-27,17-14-21(30)33-24(7,8)9)16-11-13-20(29)32-23(4,5)6/h10-17H2,1-9H3. The molecule has 0 N–H and O–H groups in total. The van der Waals surface area contributed by atoms with Gasteiger partial charge in [-0.2, -0.15) is 4.99 Å². The van der Waals surface area contributed by atoms with E-state index in [1.807, 2.05) is 0 Å². The van der Waals surface area contributed by atoms with Crippen molar-refractivity contribution in [3.05, 3.63) is 0 Å². The van der Waals surface area contributed by atoms with Crippen molar-refractivity contribution in [1.82, 2.24) is 0 Å². The lowest BCUT2D eigenvalue weighted by Gasteiger charge is -2.29. The topological polar surface area (TPSA) is 108 Å². The molecular weight excluding hydrogens is 426 g/mol. The highest BCUT2D eigenvalue weighted by molar-refractivity contribution is 5.71. The normalized spacial score (nSPS) is 12.5. The zero-order valence-corrected chi connectivity index (χ0v) is 22.0. The maximum absolute atomic E-state index is 12.3.